The van der Waals surface area contributed by atoms with Gasteiger partial charge in [0.25, 0.3) is 0 Å². The number of nitrogens with one attached hydrogen (secondary N) is 1. The van der Waals surface area contributed by atoms with E-state index in [9.17, 15) is 8.42 Å². The largest absolute Gasteiger partial charge is 0.409 e. The molecule has 0 fully saturated rings. The van der Waals surface area contributed by atoms with Crippen LogP contribution in [0.4, 0.5) is 5.69 Å². The second-order valence-corrected chi connectivity index (χ2v) is 6.66. The molecule has 6 nitrogen and oxygen atoms in total. The highest BCUT2D eigenvalue weighted by atomic mass is 35.5. The van der Waals surface area contributed by atoms with Gasteiger partial charge in [0.15, 0.2) is 5.84 Å². The van der Waals surface area contributed by atoms with Gasteiger partial charge < -0.3 is 10.9 Å². The van der Waals surface area contributed by atoms with Gasteiger partial charge in [0.1, 0.15) is 0 Å². The van der Waals surface area contributed by atoms with Gasteiger partial charge in [0.05, 0.1) is 11.4 Å². The Kier molecular flexibility index (Phi) is 5.02. The van der Waals surface area contributed by atoms with E-state index in [2.05, 4.69) is 9.88 Å². The van der Waals surface area contributed by atoms with Gasteiger partial charge in [-0.15, -0.1) is 0 Å². The van der Waals surface area contributed by atoms with Gasteiger partial charge in [0, 0.05) is 10.6 Å². The average molecular weight is 306 g/mol. The number of sulfonamides is 1. The van der Waals surface area contributed by atoms with Crippen LogP contribution in [0.3, 0.4) is 0 Å². The Balaban J connectivity index is 3.16. The minimum atomic E-state index is -3.52. The Bertz CT molecular complexity index is 585. The first kappa shape index (κ1) is 15.6. The van der Waals surface area contributed by atoms with Crippen molar-refractivity contribution in [3.05, 3.63) is 28.8 Å². The van der Waals surface area contributed by atoms with Gasteiger partial charge in [0.2, 0.25) is 10.0 Å². The molecule has 19 heavy (non-hydrogen) atoms. The van der Waals surface area contributed by atoms with Crippen LogP contribution in [0.2, 0.25) is 5.02 Å². The average Bonchev–Trinajstić information content (AvgIpc) is 2.25. The highest BCUT2D eigenvalue weighted by Crippen LogP contribution is 2.22. The van der Waals surface area contributed by atoms with E-state index in [4.69, 9.17) is 22.5 Å². The minimum Gasteiger partial charge on any atom is -0.409 e. The van der Waals surface area contributed by atoms with Crippen LogP contribution in [0.5, 0.6) is 0 Å². The Morgan fingerprint density at radius 3 is 2.68 bits per heavy atom. The molecule has 0 aliphatic carbocycles. The van der Waals surface area contributed by atoms with Crippen LogP contribution in [-0.4, -0.2) is 25.2 Å². The van der Waals surface area contributed by atoms with Gasteiger partial charge in [-0.2, -0.15) is 0 Å². The molecule has 106 valence electrons. The molecule has 0 atom stereocenters. The molecule has 1 aromatic carbocycles. The topological polar surface area (TPSA) is 105 Å². The molecule has 0 saturated heterocycles. The first-order chi connectivity index (χ1) is 8.75. The molecule has 1 aromatic rings. The molecular weight excluding hydrogens is 290 g/mol. The SMILES string of the molecule is CC(C)CS(=O)(=O)Nc1cc(Cl)ccc1C(N)=NO. The standard InChI is InChI=1S/C11H16ClN3O3S/c1-7(2)6-19(17,18)15-10-5-8(12)3-4-9(10)11(13)14-16/h3-5,7,15-16H,6H2,1-2H3,(H2,13,14). The predicted octanol–water partition coefficient (Wildman–Crippen LogP) is 1.83. The molecule has 0 spiro atoms. The maximum atomic E-state index is 11.9. The van der Waals surface area contributed by atoms with Gasteiger partial charge in [-0.1, -0.05) is 30.6 Å². The Labute approximate surface area is 117 Å². The van der Waals surface area contributed by atoms with E-state index in [1.807, 2.05) is 0 Å². The van der Waals surface area contributed by atoms with Crippen molar-refractivity contribution in [2.24, 2.45) is 16.8 Å². The molecule has 0 amide bonds. The van der Waals surface area contributed by atoms with Crippen LogP contribution in [0, 0.1) is 5.92 Å². The van der Waals surface area contributed by atoms with Crippen molar-refractivity contribution in [3.8, 4) is 0 Å². The summed E-state index contributed by atoms with van der Waals surface area (Å²) >= 11 is 5.82. The van der Waals surface area contributed by atoms with Crippen molar-refractivity contribution in [2.45, 2.75) is 13.8 Å². The number of anilines is 1. The molecule has 0 heterocycles. The molecule has 0 aliphatic rings. The smallest absolute Gasteiger partial charge is 0.232 e. The summed E-state index contributed by atoms with van der Waals surface area (Å²) in [5, 5.41) is 11.9. The van der Waals surface area contributed by atoms with Crippen molar-refractivity contribution in [3.63, 3.8) is 0 Å². The number of benzene rings is 1. The minimum absolute atomic E-state index is 0.0241. The number of amidine groups is 1. The van der Waals surface area contributed by atoms with Crippen molar-refractivity contribution >= 4 is 33.1 Å². The summed E-state index contributed by atoms with van der Waals surface area (Å²) < 4.78 is 26.2. The summed E-state index contributed by atoms with van der Waals surface area (Å²) in [6, 6.07) is 4.41. The van der Waals surface area contributed by atoms with Crippen molar-refractivity contribution in [2.75, 3.05) is 10.5 Å². The Morgan fingerprint density at radius 2 is 2.16 bits per heavy atom. The van der Waals surface area contributed by atoms with Gasteiger partial charge >= 0.3 is 0 Å². The summed E-state index contributed by atoms with van der Waals surface area (Å²) in [5.74, 6) is -0.252. The summed E-state index contributed by atoms with van der Waals surface area (Å²) in [4.78, 5) is 0. The molecule has 0 aliphatic heterocycles. The van der Waals surface area contributed by atoms with E-state index in [-0.39, 0.29) is 28.8 Å². The zero-order valence-electron chi connectivity index (χ0n) is 10.6. The molecule has 0 aromatic heterocycles. The van der Waals surface area contributed by atoms with E-state index in [0.717, 1.165) is 0 Å². The van der Waals surface area contributed by atoms with E-state index in [1.54, 1.807) is 13.8 Å². The zero-order chi connectivity index (χ0) is 14.6. The Morgan fingerprint density at radius 1 is 1.53 bits per heavy atom. The zero-order valence-corrected chi connectivity index (χ0v) is 12.2. The summed E-state index contributed by atoms with van der Waals surface area (Å²) in [6.45, 7) is 3.59. The lowest BCUT2D eigenvalue weighted by atomic mass is 10.1. The quantitative estimate of drug-likeness (QED) is 0.334. The van der Waals surface area contributed by atoms with Crippen molar-refractivity contribution in [1.82, 2.24) is 0 Å². The van der Waals surface area contributed by atoms with Crippen LogP contribution in [0.25, 0.3) is 0 Å². The highest BCUT2D eigenvalue weighted by Gasteiger charge is 2.16. The molecule has 8 heteroatoms. The fourth-order valence-corrected chi connectivity index (χ4v) is 3.16. The predicted molar refractivity (Wildman–Crippen MR) is 76.2 cm³/mol. The van der Waals surface area contributed by atoms with E-state index in [1.165, 1.54) is 18.2 Å². The number of hydrogen-bond acceptors (Lipinski definition) is 4. The highest BCUT2D eigenvalue weighted by molar-refractivity contribution is 7.92. The van der Waals surface area contributed by atoms with Gasteiger partial charge in [-0.3, -0.25) is 4.72 Å². The number of hydrogen-bond donors (Lipinski definition) is 3. The van der Waals surface area contributed by atoms with Crippen LogP contribution < -0.4 is 10.5 Å². The fourth-order valence-electron chi connectivity index (χ4n) is 1.53. The molecule has 0 radical (unpaired) electrons. The number of nitrogens with two attached hydrogens (primary N) is 1. The van der Waals surface area contributed by atoms with Crippen LogP contribution in [-0.2, 0) is 10.0 Å². The number of halogens is 1. The van der Waals surface area contributed by atoms with Gasteiger partial charge in [-0.05, 0) is 24.1 Å². The normalized spacial score (nSPS) is 12.7. The summed E-state index contributed by atoms with van der Waals surface area (Å²) in [5.41, 5.74) is 5.93. The van der Waals surface area contributed by atoms with E-state index >= 15 is 0 Å². The number of rotatable bonds is 5. The molecule has 0 unspecified atom stereocenters. The monoisotopic (exact) mass is 305 g/mol. The molecule has 4 N–H and O–H groups in total. The molecule has 0 saturated carbocycles. The van der Waals surface area contributed by atoms with Crippen LogP contribution >= 0.6 is 11.6 Å². The lowest BCUT2D eigenvalue weighted by Crippen LogP contribution is -2.23. The van der Waals surface area contributed by atoms with Crippen LogP contribution in [0.15, 0.2) is 23.4 Å². The maximum absolute atomic E-state index is 11.9. The van der Waals surface area contributed by atoms with Crippen LogP contribution in [0.1, 0.15) is 19.4 Å². The Hall–Kier alpha value is -1.47. The third-order valence-electron chi connectivity index (χ3n) is 2.18. The third-order valence-corrected chi connectivity index (χ3v) is 4.06. The third kappa shape index (κ3) is 4.60. The van der Waals surface area contributed by atoms with Crippen molar-refractivity contribution < 1.29 is 13.6 Å². The maximum Gasteiger partial charge on any atom is 0.232 e. The molecule has 1 rings (SSSR count). The lowest BCUT2D eigenvalue weighted by Gasteiger charge is -2.13. The first-order valence-corrected chi connectivity index (χ1v) is 7.56. The van der Waals surface area contributed by atoms with E-state index in [0.29, 0.717) is 5.02 Å². The number of oxime groups is 1. The van der Waals surface area contributed by atoms with Gasteiger partial charge in [-0.25, -0.2) is 8.42 Å². The van der Waals surface area contributed by atoms with Crippen molar-refractivity contribution in [1.29, 1.82) is 0 Å². The first-order valence-electron chi connectivity index (χ1n) is 5.53. The fraction of sp³-hybridized carbons (Fsp3) is 0.364. The lowest BCUT2D eigenvalue weighted by molar-refractivity contribution is 0.318. The summed E-state index contributed by atoms with van der Waals surface area (Å²) in [6.07, 6.45) is 0. The molecular formula is C11H16ClN3O3S. The van der Waals surface area contributed by atoms with E-state index < -0.39 is 10.0 Å². The summed E-state index contributed by atoms with van der Waals surface area (Å²) in [7, 11) is -3.52. The second-order valence-electron chi connectivity index (χ2n) is 4.45. The molecule has 0 bridgehead atoms. The second kappa shape index (κ2) is 6.12. The number of nitrogens with zero attached hydrogens (tertiary/aromatic N) is 1.